The molecule has 0 atom stereocenters. The molecule has 0 heterocycles. The number of nitrogen functional groups attached to an aromatic ring is 1. The molecule has 0 unspecified atom stereocenters. The second-order valence-corrected chi connectivity index (χ2v) is 4.54. The summed E-state index contributed by atoms with van der Waals surface area (Å²) in [6.45, 7) is 0. The van der Waals surface area contributed by atoms with Crippen molar-refractivity contribution in [2.24, 2.45) is 0 Å². The Morgan fingerprint density at radius 2 is 1.92 bits per heavy atom. The second-order valence-electron chi connectivity index (χ2n) is 2.14. The van der Waals surface area contributed by atoms with Crippen molar-refractivity contribution in [3.05, 3.63) is 24.8 Å². The van der Waals surface area contributed by atoms with Crippen LogP contribution in [0.5, 0.6) is 0 Å². The van der Waals surface area contributed by atoms with Crippen LogP contribution in [0.4, 0.5) is 5.69 Å². The van der Waals surface area contributed by atoms with Crippen LogP contribution in [0.25, 0.3) is 0 Å². The third-order valence-corrected chi connectivity index (χ3v) is 2.83. The van der Waals surface area contributed by atoms with E-state index in [1.54, 1.807) is 0 Å². The summed E-state index contributed by atoms with van der Waals surface area (Å²) in [5, 5.41) is 10.5. The van der Waals surface area contributed by atoms with E-state index in [4.69, 9.17) is 5.73 Å². The van der Waals surface area contributed by atoms with Crippen LogP contribution in [0.3, 0.4) is 0 Å². The van der Waals surface area contributed by atoms with Crippen LogP contribution in [0.1, 0.15) is 10.4 Å². The van der Waals surface area contributed by atoms with Crippen LogP contribution in [0.15, 0.2) is 12.1 Å². The number of rotatable bonds is 1. The molecule has 6 heteroatoms. The summed E-state index contributed by atoms with van der Waals surface area (Å²) in [5.74, 6) is -1.23. The van der Waals surface area contributed by atoms with E-state index in [-0.39, 0.29) is 40.8 Å². The first-order valence-electron chi connectivity index (χ1n) is 2.98. The van der Waals surface area contributed by atoms with Gasteiger partial charge < -0.3 is 15.6 Å². The second kappa shape index (κ2) is 5.74. The van der Waals surface area contributed by atoms with E-state index in [2.05, 4.69) is 0 Å². The van der Waals surface area contributed by atoms with E-state index < -0.39 is 5.97 Å². The topological polar surface area (TPSA) is 66.2 Å². The summed E-state index contributed by atoms with van der Waals surface area (Å²) < 4.78 is 1.57. The number of nitrogens with two attached hydrogens (primary N) is 1. The van der Waals surface area contributed by atoms with Crippen LogP contribution < -0.4 is 40.4 Å². The van der Waals surface area contributed by atoms with Gasteiger partial charge in [0, 0.05) is 12.7 Å². The van der Waals surface area contributed by atoms with Crippen LogP contribution >= 0.6 is 45.2 Å². The van der Waals surface area contributed by atoms with Crippen molar-refractivity contribution >= 4 is 56.8 Å². The molecule has 64 valence electrons. The summed E-state index contributed by atoms with van der Waals surface area (Å²) in [4.78, 5) is 10.5. The Labute approximate surface area is 125 Å². The van der Waals surface area contributed by atoms with Gasteiger partial charge >= 0.3 is 29.6 Å². The molecule has 1 rings (SSSR count). The fraction of sp³-hybridized carbons (Fsp3) is 0. The molecule has 13 heavy (non-hydrogen) atoms. The molecule has 1 aromatic carbocycles. The summed E-state index contributed by atoms with van der Waals surface area (Å²) in [6.07, 6.45) is 0. The Balaban J connectivity index is 0.00000144. The average molecular weight is 411 g/mol. The number of halogens is 2. The first-order chi connectivity index (χ1) is 5.52. The minimum atomic E-state index is -1.23. The number of carbonyl (C=O) groups excluding carboxylic acids is 1. The molecule has 0 fully saturated rings. The van der Waals surface area contributed by atoms with Crippen molar-refractivity contribution in [3.63, 3.8) is 0 Å². The zero-order valence-electron chi connectivity index (χ0n) is 6.80. The van der Waals surface area contributed by atoms with Gasteiger partial charge in [0.25, 0.3) is 0 Å². The van der Waals surface area contributed by atoms with Gasteiger partial charge in [-0.15, -0.1) is 0 Å². The number of hydrogen-bond acceptors (Lipinski definition) is 3. The predicted molar refractivity (Wildman–Crippen MR) is 60.6 cm³/mol. The standard InChI is InChI=1S/C7H5I2NO2.Na/c8-3-1-4(7(11)12)6(10)5(9)2-3;/h1-2H,10H2,(H,11,12);/q;+1/p-1. The minimum Gasteiger partial charge on any atom is -0.545 e. The molecule has 1 aromatic rings. The van der Waals surface area contributed by atoms with Crippen LogP contribution in [0.2, 0.25) is 0 Å². The van der Waals surface area contributed by atoms with Crippen molar-refractivity contribution in [2.75, 3.05) is 5.73 Å². The molecule has 0 radical (unpaired) electrons. The molecule has 0 amide bonds. The minimum absolute atomic E-state index is 0. The molecule has 0 aliphatic carbocycles. The monoisotopic (exact) mass is 411 g/mol. The number of carboxylic acid groups (broad SMARTS) is 1. The number of carbonyl (C=O) groups is 1. The Morgan fingerprint density at radius 3 is 2.38 bits per heavy atom. The van der Waals surface area contributed by atoms with Gasteiger partial charge in [0.1, 0.15) is 0 Å². The Hall–Kier alpha value is 0.950. The first-order valence-corrected chi connectivity index (χ1v) is 5.14. The molecule has 2 N–H and O–H groups in total. The maximum absolute atomic E-state index is 10.5. The van der Waals surface area contributed by atoms with Crippen molar-refractivity contribution in [1.29, 1.82) is 0 Å². The van der Waals surface area contributed by atoms with Gasteiger partial charge in [0.05, 0.1) is 11.7 Å². The number of anilines is 1. The maximum Gasteiger partial charge on any atom is 1.00 e. The smallest absolute Gasteiger partial charge is 0.545 e. The van der Waals surface area contributed by atoms with Gasteiger partial charge in [0.2, 0.25) is 0 Å². The number of aromatic carboxylic acids is 1. The predicted octanol–water partition coefficient (Wildman–Crippen LogP) is -2.15. The third-order valence-electron chi connectivity index (χ3n) is 1.31. The van der Waals surface area contributed by atoms with E-state index in [9.17, 15) is 9.90 Å². The molecule has 0 spiro atoms. The summed E-state index contributed by atoms with van der Waals surface area (Å²) in [7, 11) is 0. The van der Waals surface area contributed by atoms with Gasteiger partial charge in [-0.25, -0.2) is 0 Å². The van der Waals surface area contributed by atoms with E-state index in [1.807, 2.05) is 51.2 Å². The zero-order valence-corrected chi connectivity index (χ0v) is 13.1. The average Bonchev–Trinajstić information content (AvgIpc) is 1.96. The third kappa shape index (κ3) is 3.54. The van der Waals surface area contributed by atoms with Crippen molar-refractivity contribution in [1.82, 2.24) is 0 Å². The van der Waals surface area contributed by atoms with Gasteiger partial charge in [-0.3, -0.25) is 0 Å². The van der Waals surface area contributed by atoms with E-state index in [0.717, 1.165) is 7.14 Å². The van der Waals surface area contributed by atoms with Gasteiger partial charge in [0.15, 0.2) is 0 Å². The van der Waals surface area contributed by atoms with Crippen LogP contribution in [-0.4, -0.2) is 5.97 Å². The fourth-order valence-electron chi connectivity index (χ4n) is 0.754. The van der Waals surface area contributed by atoms with Gasteiger partial charge in [-0.05, 0) is 57.3 Å². The number of hydrogen-bond donors (Lipinski definition) is 1. The Kier molecular flexibility index (Phi) is 6.16. The Bertz CT molecular complexity index is 344. The van der Waals surface area contributed by atoms with Gasteiger partial charge in [-0.2, -0.15) is 0 Å². The van der Waals surface area contributed by atoms with Gasteiger partial charge in [-0.1, -0.05) is 0 Å². The summed E-state index contributed by atoms with van der Waals surface area (Å²) in [5.41, 5.74) is 5.86. The molecule has 0 aliphatic rings. The number of carboxylic acids is 1. The van der Waals surface area contributed by atoms with Crippen LogP contribution in [-0.2, 0) is 0 Å². The molecule has 0 saturated heterocycles. The normalized spacial score (nSPS) is 9.08. The quantitative estimate of drug-likeness (QED) is 0.326. The fourth-order valence-corrected chi connectivity index (χ4v) is 2.60. The summed E-state index contributed by atoms with van der Waals surface area (Å²) in [6, 6.07) is 3.30. The van der Waals surface area contributed by atoms with Crippen molar-refractivity contribution in [2.45, 2.75) is 0 Å². The Morgan fingerprint density at radius 1 is 1.38 bits per heavy atom. The van der Waals surface area contributed by atoms with E-state index in [1.165, 1.54) is 6.07 Å². The van der Waals surface area contributed by atoms with Crippen molar-refractivity contribution in [3.8, 4) is 0 Å². The molecular weight excluding hydrogens is 407 g/mol. The molecule has 0 aliphatic heterocycles. The first kappa shape index (κ1) is 13.9. The van der Waals surface area contributed by atoms with Crippen molar-refractivity contribution < 1.29 is 39.5 Å². The molecule has 0 bridgehead atoms. The molecule has 0 saturated carbocycles. The molecule has 0 aromatic heterocycles. The zero-order chi connectivity index (χ0) is 9.30. The maximum atomic E-state index is 10.5. The van der Waals surface area contributed by atoms with E-state index in [0.29, 0.717) is 0 Å². The summed E-state index contributed by atoms with van der Waals surface area (Å²) >= 11 is 4.02. The largest absolute Gasteiger partial charge is 1.00 e. The molecule has 3 nitrogen and oxygen atoms in total. The molecular formula is C7H4I2NNaO2. The van der Waals surface area contributed by atoms with Crippen LogP contribution in [0, 0.1) is 7.14 Å². The van der Waals surface area contributed by atoms with E-state index >= 15 is 0 Å². The SMILES string of the molecule is Nc1c(I)cc(I)cc1C(=O)[O-].[Na+]. The number of benzene rings is 1.